The van der Waals surface area contributed by atoms with Crippen LogP contribution in [0, 0.1) is 11.3 Å². The zero-order chi connectivity index (χ0) is 13.6. The molecule has 1 aromatic heterocycles. The Morgan fingerprint density at radius 1 is 1.42 bits per heavy atom. The molecule has 104 valence electrons. The quantitative estimate of drug-likeness (QED) is 0.873. The minimum absolute atomic E-state index is 0.226. The van der Waals surface area contributed by atoms with Crippen molar-refractivity contribution in [3.8, 4) is 0 Å². The number of carbonyl (C=O) groups is 1. The predicted molar refractivity (Wildman–Crippen MR) is 61.5 cm³/mol. The van der Waals surface area contributed by atoms with Gasteiger partial charge >= 0.3 is 5.97 Å². The van der Waals surface area contributed by atoms with Crippen molar-refractivity contribution in [3.63, 3.8) is 0 Å². The Morgan fingerprint density at radius 2 is 2.21 bits per heavy atom. The van der Waals surface area contributed by atoms with Crippen LogP contribution in [0.2, 0.25) is 0 Å². The largest absolute Gasteiger partial charge is 0.481 e. The first-order valence-electron chi connectivity index (χ1n) is 6.27. The van der Waals surface area contributed by atoms with Crippen molar-refractivity contribution in [2.75, 3.05) is 19.8 Å². The van der Waals surface area contributed by atoms with E-state index in [2.05, 4.69) is 10.1 Å². The first kappa shape index (κ1) is 12.6. The molecule has 1 saturated heterocycles. The molecule has 1 aliphatic carbocycles. The van der Waals surface area contributed by atoms with Crippen LogP contribution in [0.1, 0.15) is 37.6 Å². The molecule has 2 fully saturated rings. The second-order valence-corrected chi connectivity index (χ2v) is 5.54. The highest BCUT2D eigenvalue weighted by Gasteiger charge is 2.65. The lowest BCUT2D eigenvalue weighted by atomic mass is 10.1. The van der Waals surface area contributed by atoms with E-state index in [9.17, 15) is 4.79 Å². The van der Waals surface area contributed by atoms with Gasteiger partial charge in [0.1, 0.15) is 6.10 Å². The summed E-state index contributed by atoms with van der Waals surface area (Å²) in [6, 6.07) is 0. The number of hydrogen-bond acceptors (Lipinski definition) is 6. The molecule has 1 N–H and O–H groups in total. The molecule has 0 radical (unpaired) electrons. The van der Waals surface area contributed by atoms with Crippen molar-refractivity contribution in [3.05, 3.63) is 11.7 Å². The van der Waals surface area contributed by atoms with E-state index in [1.165, 1.54) is 0 Å². The Balaban J connectivity index is 1.77. The molecule has 0 amide bonds. The van der Waals surface area contributed by atoms with Gasteiger partial charge in [-0.15, -0.1) is 0 Å². The molecule has 0 bridgehead atoms. The normalized spacial score (nSPS) is 33.1. The third-order valence-electron chi connectivity index (χ3n) is 3.92. The lowest BCUT2D eigenvalue weighted by Gasteiger charge is -2.19. The van der Waals surface area contributed by atoms with Crippen LogP contribution in [0.25, 0.3) is 0 Å². The predicted octanol–water partition coefficient (Wildman–Crippen LogP) is 0.982. The van der Waals surface area contributed by atoms with Crippen molar-refractivity contribution < 1.29 is 23.9 Å². The minimum atomic E-state index is -0.827. The highest BCUT2D eigenvalue weighted by molar-refractivity contribution is 5.77. The smallest absolute Gasteiger partial charge is 0.307 e. The van der Waals surface area contributed by atoms with Gasteiger partial charge < -0.3 is 19.1 Å². The Morgan fingerprint density at radius 3 is 2.79 bits per heavy atom. The van der Waals surface area contributed by atoms with Crippen LogP contribution < -0.4 is 0 Å². The summed E-state index contributed by atoms with van der Waals surface area (Å²) in [5.74, 6) is -0.713. The average molecular weight is 268 g/mol. The highest BCUT2D eigenvalue weighted by Crippen LogP contribution is 2.64. The average Bonchev–Trinajstić information content (AvgIpc) is 2.76. The van der Waals surface area contributed by atoms with Crippen LogP contribution in [0.3, 0.4) is 0 Å². The summed E-state index contributed by atoms with van der Waals surface area (Å²) in [5, 5.41) is 13.0. The fourth-order valence-corrected chi connectivity index (χ4v) is 2.70. The third kappa shape index (κ3) is 2.02. The van der Waals surface area contributed by atoms with Crippen molar-refractivity contribution in [2.24, 2.45) is 11.3 Å². The van der Waals surface area contributed by atoms with Gasteiger partial charge in [-0.3, -0.25) is 4.79 Å². The number of carboxylic acid groups (broad SMARTS) is 1. The molecule has 7 heteroatoms. The fraction of sp³-hybridized carbons (Fsp3) is 0.750. The summed E-state index contributed by atoms with van der Waals surface area (Å²) < 4.78 is 16.0. The number of nitrogens with zero attached hydrogens (tertiary/aromatic N) is 2. The SMILES string of the molecule is CC1(C)C(C(=O)O)C1c1nc(C2COCCO2)no1. The maximum absolute atomic E-state index is 11.1. The van der Waals surface area contributed by atoms with Crippen molar-refractivity contribution in [1.29, 1.82) is 0 Å². The van der Waals surface area contributed by atoms with Gasteiger partial charge in [0.05, 0.1) is 31.7 Å². The first-order valence-corrected chi connectivity index (χ1v) is 6.27. The number of aromatic nitrogens is 2. The molecule has 1 aliphatic heterocycles. The molecule has 3 unspecified atom stereocenters. The van der Waals surface area contributed by atoms with Crippen LogP contribution in [-0.4, -0.2) is 41.0 Å². The second-order valence-electron chi connectivity index (χ2n) is 5.54. The van der Waals surface area contributed by atoms with E-state index in [0.29, 0.717) is 31.5 Å². The summed E-state index contributed by atoms with van der Waals surface area (Å²) in [7, 11) is 0. The Labute approximate surface area is 109 Å². The van der Waals surface area contributed by atoms with Crippen molar-refractivity contribution in [1.82, 2.24) is 10.1 Å². The van der Waals surface area contributed by atoms with Gasteiger partial charge in [-0.2, -0.15) is 4.98 Å². The van der Waals surface area contributed by atoms with Crippen molar-refractivity contribution >= 4 is 5.97 Å². The summed E-state index contributed by atoms with van der Waals surface area (Å²) in [5.41, 5.74) is -0.348. The van der Waals surface area contributed by atoms with Crippen LogP contribution in [0.15, 0.2) is 4.52 Å². The summed E-state index contributed by atoms with van der Waals surface area (Å²) in [6.07, 6.45) is -0.323. The Kier molecular flexibility index (Phi) is 2.83. The summed E-state index contributed by atoms with van der Waals surface area (Å²) in [4.78, 5) is 15.4. The van der Waals surface area contributed by atoms with Gasteiger partial charge in [0.15, 0.2) is 0 Å². The molecule has 2 heterocycles. The number of aliphatic carboxylic acids is 1. The van der Waals surface area contributed by atoms with Gasteiger partial charge in [0, 0.05) is 0 Å². The zero-order valence-corrected chi connectivity index (χ0v) is 10.8. The molecule has 3 rings (SSSR count). The lowest BCUT2D eigenvalue weighted by Crippen LogP contribution is -2.22. The Bertz CT molecular complexity index is 492. The maximum atomic E-state index is 11.1. The highest BCUT2D eigenvalue weighted by atomic mass is 16.6. The van der Waals surface area contributed by atoms with E-state index in [4.69, 9.17) is 19.1 Å². The number of carboxylic acids is 1. The molecule has 1 saturated carbocycles. The van der Waals surface area contributed by atoms with Crippen LogP contribution in [-0.2, 0) is 14.3 Å². The summed E-state index contributed by atoms with van der Waals surface area (Å²) in [6.45, 7) is 5.25. The lowest BCUT2D eigenvalue weighted by molar-refractivity contribution is -0.139. The summed E-state index contributed by atoms with van der Waals surface area (Å²) >= 11 is 0. The van der Waals surface area contributed by atoms with Gasteiger partial charge in [-0.05, 0) is 5.41 Å². The molecule has 3 atom stereocenters. The van der Waals surface area contributed by atoms with Gasteiger partial charge in [-0.25, -0.2) is 0 Å². The standard InChI is InChI=1S/C12H16N2O5/c1-12(2)7(8(12)11(15)16)10-13-9(14-19-10)6-5-17-3-4-18-6/h6-8H,3-5H2,1-2H3,(H,15,16). The van der Waals surface area contributed by atoms with Gasteiger partial charge in [0.2, 0.25) is 11.7 Å². The molecule has 0 aromatic carbocycles. The van der Waals surface area contributed by atoms with E-state index in [1.54, 1.807) is 0 Å². The third-order valence-corrected chi connectivity index (χ3v) is 3.92. The topological polar surface area (TPSA) is 94.7 Å². The van der Waals surface area contributed by atoms with Gasteiger partial charge in [-0.1, -0.05) is 19.0 Å². The van der Waals surface area contributed by atoms with E-state index < -0.39 is 11.9 Å². The first-order chi connectivity index (χ1) is 9.01. The van der Waals surface area contributed by atoms with E-state index >= 15 is 0 Å². The maximum Gasteiger partial charge on any atom is 0.307 e. The minimum Gasteiger partial charge on any atom is -0.481 e. The number of hydrogen-bond donors (Lipinski definition) is 1. The van der Waals surface area contributed by atoms with Gasteiger partial charge in [0.25, 0.3) is 0 Å². The molecule has 2 aliphatic rings. The van der Waals surface area contributed by atoms with Crippen LogP contribution >= 0.6 is 0 Å². The van der Waals surface area contributed by atoms with E-state index in [-0.39, 0.29) is 17.4 Å². The second kappa shape index (κ2) is 4.28. The van der Waals surface area contributed by atoms with Crippen molar-refractivity contribution in [2.45, 2.75) is 25.9 Å². The monoisotopic (exact) mass is 268 g/mol. The molecule has 1 aromatic rings. The number of rotatable bonds is 3. The molecule has 0 spiro atoms. The number of ether oxygens (including phenoxy) is 2. The van der Waals surface area contributed by atoms with Crippen LogP contribution in [0.5, 0.6) is 0 Å². The molecule has 19 heavy (non-hydrogen) atoms. The molecular weight excluding hydrogens is 252 g/mol. The van der Waals surface area contributed by atoms with E-state index in [0.717, 1.165) is 0 Å². The van der Waals surface area contributed by atoms with E-state index in [1.807, 2.05) is 13.8 Å². The zero-order valence-electron chi connectivity index (χ0n) is 10.8. The molecular formula is C12H16N2O5. The molecule has 7 nitrogen and oxygen atoms in total. The Hall–Kier alpha value is -1.47. The van der Waals surface area contributed by atoms with Crippen LogP contribution in [0.4, 0.5) is 0 Å². The fourth-order valence-electron chi connectivity index (χ4n) is 2.70.